The van der Waals surface area contributed by atoms with Crippen LogP contribution >= 0.6 is 23.2 Å². The van der Waals surface area contributed by atoms with Crippen molar-refractivity contribution in [3.8, 4) is 5.75 Å². The van der Waals surface area contributed by atoms with Crippen LogP contribution in [0.25, 0.3) is 0 Å². The topological polar surface area (TPSA) is 136 Å². The summed E-state index contributed by atoms with van der Waals surface area (Å²) in [4.78, 5) is 22.9. The summed E-state index contributed by atoms with van der Waals surface area (Å²) in [6.07, 6.45) is 1.12. The van der Waals surface area contributed by atoms with Crippen molar-refractivity contribution < 1.29 is 33.0 Å². The molecule has 1 saturated heterocycles. The molecule has 3 N–H and O–H groups in total. The van der Waals surface area contributed by atoms with Crippen molar-refractivity contribution >= 4 is 56.5 Å². The molecule has 1 heterocycles. The molecular weight excluding hydrogens is 509 g/mol. The second-order valence-corrected chi connectivity index (χ2v) is 9.85. The Bertz CT molecular complexity index is 1080. The van der Waals surface area contributed by atoms with Gasteiger partial charge in [0.15, 0.2) is 0 Å². The molecule has 13 heteroatoms. The number of benzene rings is 2. The number of halogens is 2. The number of ether oxygens (including phenoxy) is 1. The average molecular weight is 534 g/mol. The Morgan fingerprint density at radius 2 is 1.56 bits per heavy atom. The Labute approximate surface area is 207 Å². The smallest absolute Gasteiger partial charge is 0.414 e. The molecule has 34 heavy (non-hydrogen) atoms. The zero-order chi connectivity index (χ0) is 25.3. The first-order valence-electron chi connectivity index (χ1n) is 10.0. The summed E-state index contributed by atoms with van der Waals surface area (Å²) in [6.45, 7) is 5.14. The van der Waals surface area contributed by atoms with Gasteiger partial charge in [0, 0.05) is 44.1 Å². The van der Waals surface area contributed by atoms with Gasteiger partial charge in [-0.25, -0.2) is 18.0 Å². The number of hydrogen-bond acceptors (Lipinski definition) is 7. The predicted octanol–water partition coefficient (Wildman–Crippen LogP) is 2.72. The predicted molar refractivity (Wildman–Crippen MR) is 131 cm³/mol. The van der Waals surface area contributed by atoms with Gasteiger partial charge in [-0.2, -0.15) is 0 Å². The van der Waals surface area contributed by atoms with Crippen molar-refractivity contribution in [3.63, 3.8) is 0 Å². The van der Waals surface area contributed by atoms with Crippen molar-refractivity contribution in [1.82, 2.24) is 4.90 Å². The van der Waals surface area contributed by atoms with E-state index < -0.39 is 22.0 Å². The zero-order valence-corrected chi connectivity index (χ0v) is 20.6. The lowest BCUT2D eigenvalue weighted by Crippen LogP contribution is -2.47. The fraction of sp³-hybridized carbons (Fsp3) is 0.333. The Morgan fingerprint density at radius 1 is 0.971 bits per heavy atom. The average Bonchev–Trinajstić information content (AvgIpc) is 2.77. The van der Waals surface area contributed by atoms with E-state index in [1.54, 1.807) is 24.3 Å². The van der Waals surface area contributed by atoms with Crippen LogP contribution in [0.1, 0.15) is 0 Å². The molecule has 0 radical (unpaired) electrons. The molecule has 0 saturated carbocycles. The van der Waals surface area contributed by atoms with Crippen LogP contribution in [0.2, 0.25) is 10.0 Å². The molecule has 2 aromatic carbocycles. The van der Waals surface area contributed by atoms with Crippen molar-refractivity contribution in [1.29, 1.82) is 0 Å². The minimum Gasteiger partial charge on any atom is -0.492 e. The fourth-order valence-corrected chi connectivity index (χ4v) is 3.89. The number of carboxylic acid groups (broad SMARTS) is 2. The van der Waals surface area contributed by atoms with Gasteiger partial charge in [-0.1, -0.05) is 23.2 Å². The van der Waals surface area contributed by atoms with Gasteiger partial charge in [-0.15, -0.1) is 0 Å². The summed E-state index contributed by atoms with van der Waals surface area (Å²) in [5.74, 6) is -2.93. The number of piperazine rings is 1. The SMILES string of the molecule is CS(=O)(=O)Nc1ccc(OCCN2CCN(c3ccc(Cl)c(Cl)c3)CC2)cc1.O=C(O)C(=O)O. The van der Waals surface area contributed by atoms with Crippen molar-refractivity contribution in [2.45, 2.75) is 0 Å². The fourth-order valence-electron chi connectivity index (χ4n) is 3.04. The highest BCUT2D eigenvalue weighted by Crippen LogP contribution is 2.27. The molecule has 1 aliphatic heterocycles. The molecule has 2 aromatic rings. The summed E-state index contributed by atoms with van der Waals surface area (Å²) in [5.41, 5.74) is 1.61. The molecule has 3 rings (SSSR count). The highest BCUT2D eigenvalue weighted by atomic mass is 35.5. The maximum atomic E-state index is 11.2. The molecular formula is C21H25Cl2N3O7S. The van der Waals surface area contributed by atoms with Gasteiger partial charge in [-0.05, 0) is 42.5 Å². The van der Waals surface area contributed by atoms with E-state index in [-0.39, 0.29) is 0 Å². The summed E-state index contributed by atoms with van der Waals surface area (Å²) in [5, 5.41) is 15.9. The van der Waals surface area contributed by atoms with E-state index in [1.165, 1.54) is 0 Å². The number of nitrogens with one attached hydrogen (secondary N) is 1. The minimum absolute atomic E-state index is 0.522. The van der Waals surface area contributed by atoms with E-state index in [1.807, 2.05) is 18.2 Å². The zero-order valence-electron chi connectivity index (χ0n) is 18.3. The van der Waals surface area contributed by atoms with E-state index in [4.69, 9.17) is 47.7 Å². The molecule has 1 fully saturated rings. The Kier molecular flexibility index (Phi) is 10.2. The molecule has 1 aliphatic rings. The van der Waals surface area contributed by atoms with E-state index in [9.17, 15) is 8.42 Å². The first kappa shape index (κ1) is 27.5. The van der Waals surface area contributed by atoms with Crippen molar-refractivity contribution in [2.75, 3.05) is 55.2 Å². The first-order valence-corrected chi connectivity index (χ1v) is 12.7. The Balaban J connectivity index is 0.000000604. The minimum atomic E-state index is -3.27. The molecule has 0 atom stereocenters. The summed E-state index contributed by atoms with van der Waals surface area (Å²) < 4.78 is 30.6. The highest BCUT2D eigenvalue weighted by molar-refractivity contribution is 7.92. The van der Waals surface area contributed by atoms with Gasteiger partial charge in [-0.3, -0.25) is 9.62 Å². The lowest BCUT2D eigenvalue weighted by molar-refractivity contribution is -0.159. The Morgan fingerprint density at radius 3 is 2.06 bits per heavy atom. The van der Waals surface area contributed by atoms with E-state index >= 15 is 0 Å². The summed E-state index contributed by atoms with van der Waals surface area (Å²) >= 11 is 12.1. The maximum absolute atomic E-state index is 11.2. The third-order valence-corrected chi connectivity index (χ3v) is 6.00. The van der Waals surface area contributed by atoms with Crippen LogP contribution in [-0.2, 0) is 19.6 Å². The number of nitrogens with zero attached hydrogens (tertiary/aromatic N) is 2. The molecule has 186 valence electrons. The van der Waals surface area contributed by atoms with Gasteiger partial charge in [0.2, 0.25) is 10.0 Å². The van der Waals surface area contributed by atoms with Crippen LogP contribution in [0, 0.1) is 0 Å². The highest BCUT2D eigenvalue weighted by Gasteiger charge is 2.17. The summed E-state index contributed by atoms with van der Waals surface area (Å²) in [7, 11) is -3.27. The lowest BCUT2D eigenvalue weighted by Gasteiger charge is -2.36. The second-order valence-electron chi connectivity index (χ2n) is 7.28. The Hall–Kier alpha value is -2.73. The number of anilines is 2. The number of aliphatic carboxylic acids is 2. The van der Waals surface area contributed by atoms with Crippen LogP contribution < -0.4 is 14.4 Å². The number of rotatable bonds is 7. The van der Waals surface area contributed by atoms with E-state index in [0.717, 1.165) is 44.7 Å². The lowest BCUT2D eigenvalue weighted by atomic mass is 10.2. The van der Waals surface area contributed by atoms with E-state index in [0.29, 0.717) is 28.1 Å². The largest absolute Gasteiger partial charge is 0.492 e. The first-order chi connectivity index (χ1) is 15.9. The summed E-state index contributed by atoms with van der Waals surface area (Å²) in [6, 6.07) is 12.6. The van der Waals surface area contributed by atoms with Crippen molar-refractivity contribution in [3.05, 3.63) is 52.5 Å². The molecule has 0 bridgehead atoms. The van der Waals surface area contributed by atoms with Gasteiger partial charge in [0.25, 0.3) is 0 Å². The van der Waals surface area contributed by atoms with Gasteiger partial charge < -0.3 is 19.8 Å². The van der Waals surface area contributed by atoms with Crippen LogP contribution in [0.5, 0.6) is 5.75 Å². The quantitative estimate of drug-likeness (QED) is 0.458. The van der Waals surface area contributed by atoms with Crippen molar-refractivity contribution in [2.24, 2.45) is 0 Å². The van der Waals surface area contributed by atoms with Gasteiger partial charge in [0.05, 0.1) is 16.3 Å². The normalized spacial score (nSPS) is 14.0. The molecule has 0 aromatic heterocycles. The molecule has 10 nitrogen and oxygen atoms in total. The molecule has 0 aliphatic carbocycles. The van der Waals surface area contributed by atoms with Gasteiger partial charge in [0.1, 0.15) is 12.4 Å². The molecule has 0 spiro atoms. The number of hydrogen-bond donors (Lipinski definition) is 3. The van der Waals surface area contributed by atoms with Gasteiger partial charge >= 0.3 is 11.9 Å². The monoisotopic (exact) mass is 533 g/mol. The second kappa shape index (κ2) is 12.7. The number of carbonyl (C=O) groups is 2. The van der Waals surface area contributed by atoms with Crippen LogP contribution in [0.4, 0.5) is 11.4 Å². The van der Waals surface area contributed by atoms with Crippen LogP contribution in [0.15, 0.2) is 42.5 Å². The standard InChI is InChI=1S/C19H23Cl2N3O3S.C2H2O4/c1-28(25,26)22-15-2-5-17(6-3-15)27-13-12-23-8-10-24(11-9-23)16-4-7-18(20)19(21)14-16;3-1(4)2(5)6/h2-7,14,22H,8-13H2,1H3;(H,3,4)(H,5,6). The number of sulfonamides is 1. The maximum Gasteiger partial charge on any atom is 0.414 e. The third-order valence-electron chi connectivity index (χ3n) is 4.66. The van der Waals surface area contributed by atoms with Crippen LogP contribution in [0.3, 0.4) is 0 Å². The third kappa shape index (κ3) is 9.64. The van der Waals surface area contributed by atoms with Crippen LogP contribution in [-0.4, -0.2) is 81.1 Å². The van der Waals surface area contributed by atoms with E-state index in [2.05, 4.69) is 14.5 Å². The molecule has 0 unspecified atom stereocenters. The molecule has 0 amide bonds. The number of carboxylic acids is 2.